The Hall–Kier alpha value is -0.770. The van der Waals surface area contributed by atoms with E-state index in [4.69, 9.17) is 9.26 Å². The maximum Gasteiger partial charge on any atom is 0.305 e. The molecule has 5 nitrogen and oxygen atoms in total. The summed E-state index contributed by atoms with van der Waals surface area (Å²) >= 11 is 0. The van der Waals surface area contributed by atoms with E-state index in [1.165, 1.54) is 141 Å². The maximum atomic E-state index is 12.2. The van der Waals surface area contributed by atoms with Crippen molar-refractivity contribution < 1.29 is 24.0 Å². The van der Waals surface area contributed by atoms with Crippen LogP contribution in [0.3, 0.4) is 0 Å². The number of hydrogen-bond acceptors (Lipinski definition) is 5. The fourth-order valence-corrected chi connectivity index (χ4v) is 6.30. The summed E-state index contributed by atoms with van der Waals surface area (Å²) in [6.07, 6.45) is 40.5. The van der Waals surface area contributed by atoms with Crippen LogP contribution in [0.5, 0.6) is 0 Å². The van der Waals surface area contributed by atoms with Gasteiger partial charge in [-0.05, 0) is 38.5 Å². The Kier molecular flexibility index (Phi) is 37.0. The average molecular weight is 655 g/mol. The smallest absolute Gasteiger partial charge is 0.305 e. The second kappa shape index (κ2) is 37.7. The zero-order chi connectivity index (χ0) is 32.9. The molecule has 0 aliphatic heterocycles. The first-order valence-electron chi connectivity index (χ1n) is 19.5. The average Bonchev–Trinajstić information content (AvgIpc) is 3.04. The van der Waals surface area contributed by atoms with Crippen molar-refractivity contribution >= 4 is 20.3 Å². The molecule has 2 atom stereocenters. The molecule has 1 N–H and O–H groups in total. The van der Waals surface area contributed by atoms with Gasteiger partial charge < -0.3 is 14.4 Å². The highest BCUT2D eigenvalue weighted by Gasteiger charge is 2.14. The summed E-state index contributed by atoms with van der Waals surface area (Å²) in [5.41, 5.74) is 0.0789. The fraction of sp³-hybridized carbons (Fsp3) is 0.897. The molecule has 0 aliphatic rings. The van der Waals surface area contributed by atoms with Crippen molar-refractivity contribution in [2.24, 2.45) is 0 Å². The van der Waals surface area contributed by atoms with Crippen molar-refractivity contribution in [3.8, 4) is 0 Å². The van der Waals surface area contributed by atoms with E-state index in [9.17, 15) is 14.7 Å². The molecule has 0 aromatic rings. The highest BCUT2D eigenvalue weighted by Crippen LogP contribution is 2.21. The van der Waals surface area contributed by atoms with E-state index in [0.717, 1.165) is 38.5 Å². The molecule has 0 spiro atoms. The van der Waals surface area contributed by atoms with Crippen LogP contribution in [-0.4, -0.2) is 35.9 Å². The molecule has 0 aromatic heterocycles. The number of hydrogen-bond donors (Lipinski definition) is 1. The molecule has 0 aliphatic carbocycles. The minimum absolute atomic E-state index is 0.0156. The highest BCUT2D eigenvalue weighted by molar-refractivity contribution is 7.53. The Morgan fingerprint density at radius 3 is 1.36 bits per heavy atom. The highest BCUT2D eigenvalue weighted by atomic mass is 31.1. The van der Waals surface area contributed by atoms with E-state index in [0.29, 0.717) is 12.8 Å². The molecule has 6 heteroatoms. The molecule has 266 valence electrons. The normalized spacial score (nSPS) is 12.5. The summed E-state index contributed by atoms with van der Waals surface area (Å²) in [7, 11) is -0.293. The molecule has 0 bridgehead atoms. The second-order valence-electron chi connectivity index (χ2n) is 13.2. The van der Waals surface area contributed by atoms with Gasteiger partial charge in [-0.2, -0.15) is 0 Å². The minimum Gasteiger partial charge on any atom is -0.463 e. The van der Waals surface area contributed by atoms with E-state index in [1.54, 1.807) is 0 Å². The molecule has 0 saturated carbocycles. The number of ether oxygens (including phenoxy) is 1. The van der Waals surface area contributed by atoms with Crippen LogP contribution < -0.4 is 0 Å². The Labute approximate surface area is 281 Å². The van der Waals surface area contributed by atoms with Crippen LogP contribution in [-0.2, 0) is 18.8 Å². The van der Waals surface area contributed by atoms with Gasteiger partial charge in [-0.25, -0.2) is 0 Å². The molecule has 2 unspecified atom stereocenters. The monoisotopic (exact) mass is 655 g/mol. The van der Waals surface area contributed by atoms with Crippen LogP contribution in [0.1, 0.15) is 206 Å². The first-order chi connectivity index (χ1) is 22.1. The Balaban J connectivity index is 3.52. The molecule has 0 fully saturated rings. The molecule has 0 aromatic carbocycles. The van der Waals surface area contributed by atoms with E-state index in [2.05, 4.69) is 26.0 Å². The van der Waals surface area contributed by atoms with E-state index < -0.39 is 6.10 Å². The van der Waals surface area contributed by atoms with Crippen molar-refractivity contribution in [2.75, 3.05) is 13.2 Å². The van der Waals surface area contributed by atoms with Crippen LogP contribution in [0.2, 0.25) is 0 Å². The first-order valence-corrected chi connectivity index (χ1v) is 20.4. The lowest BCUT2D eigenvalue weighted by Crippen LogP contribution is -2.23. The number of rotatable bonds is 37. The predicted molar refractivity (Wildman–Crippen MR) is 195 cm³/mol. The molecule has 0 rings (SSSR count). The third kappa shape index (κ3) is 35.9. The predicted octanol–water partition coefficient (Wildman–Crippen LogP) is 12.3. The van der Waals surface area contributed by atoms with Crippen molar-refractivity contribution in [3.63, 3.8) is 0 Å². The number of aliphatic hydroxyl groups is 1. The van der Waals surface area contributed by atoms with Crippen molar-refractivity contribution in [1.82, 2.24) is 0 Å². The van der Waals surface area contributed by atoms with Crippen molar-refractivity contribution in [2.45, 2.75) is 213 Å². The van der Waals surface area contributed by atoms with Crippen molar-refractivity contribution in [3.05, 3.63) is 12.2 Å². The fourth-order valence-electron chi connectivity index (χ4n) is 5.58. The molecule has 45 heavy (non-hydrogen) atoms. The summed E-state index contributed by atoms with van der Waals surface area (Å²) in [6, 6.07) is 0. The van der Waals surface area contributed by atoms with Gasteiger partial charge in [0.25, 0.3) is 0 Å². The number of unbranched alkanes of at least 4 members (excludes halogenated alkanes) is 25. The van der Waals surface area contributed by atoms with Crippen LogP contribution >= 0.6 is 8.81 Å². The van der Waals surface area contributed by atoms with Gasteiger partial charge in [0.2, 0.25) is 0 Å². The van der Waals surface area contributed by atoms with Crippen LogP contribution in [0.4, 0.5) is 0 Å². The lowest BCUT2D eigenvalue weighted by molar-refractivity contribution is -0.146. The van der Waals surface area contributed by atoms with Gasteiger partial charge in [-0.3, -0.25) is 9.59 Å². The Morgan fingerprint density at radius 2 is 0.933 bits per heavy atom. The third-order valence-corrected chi connectivity index (χ3v) is 9.55. The number of carbonyl (C=O) groups excluding carboxylic acids is 2. The molecule has 0 radical (unpaired) electrons. The number of carbonyl (C=O) groups is 2. The Morgan fingerprint density at radius 1 is 0.556 bits per heavy atom. The molecular weight excluding hydrogens is 579 g/mol. The molecule has 0 amide bonds. The van der Waals surface area contributed by atoms with Gasteiger partial charge >= 0.3 is 5.97 Å². The summed E-state index contributed by atoms with van der Waals surface area (Å²) in [4.78, 5) is 24.3. The quantitative estimate of drug-likeness (QED) is 0.0312. The topological polar surface area (TPSA) is 72.8 Å². The van der Waals surface area contributed by atoms with Gasteiger partial charge in [0, 0.05) is 12.8 Å². The maximum absolute atomic E-state index is 12.2. The first kappa shape index (κ1) is 44.2. The van der Waals surface area contributed by atoms with Gasteiger partial charge in [0.1, 0.15) is 12.7 Å². The lowest BCUT2D eigenvalue weighted by Gasteiger charge is -2.15. The molecule has 0 heterocycles. The van der Waals surface area contributed by atoms with E-state index >= 15 is 0 Å². The van der Waals surface area contributed by atoms with Crippen LogP contribution in [0, 0.1) is 0 Å². The van der Waals surface area contributed by atoms with E-state index in [1.807, 2.05) is 0 Å². The van der Waals surface area contributed by atoms with E-state index in [-0.39, 0.29) is 33.5 Å². The summed E-state index contributed by atoms with van der Waals surface area (Å²) in [5.74, 6) is -0.241. The number of esters is 1. The van der Waals surface area contributed by atoms with Crippen LogP contribution in [0.25, 0.3) is 0 Å². The summed E-state index contributed by atoms with van der Waals surface area (Å²) in [6.45, 7) is 4.30. The van der Waals surface area contributed by atoms with Gasteiger partial charge in [0.05, 0.1) is 15.4 Å². The summed E-state index contributed by atoms with van der Waals surface area (Å²) in [5, 5.41) is 9.56. The lowest BCUT2D eigenvalue weighted by atomic mass is 10.0. The van der Waals surface area contributed by atoms with Crippen molar-refractivity contribution in [1.29, 1.82) is 0 Å². The minimum atomic E-state index is -0.619. The number of allylic oxidation sites excluding steroid dienone is 2. The largest absolute Gasteiger partial charge is 0.463 e. The van der Waals surface area contributed by atoms with Gasteiger partial charge in [0.15, 0.2) is 5.52 Å². The second-order valence-corrected chi connectivity index (χ2v) is 14.2. The standard InChI is InChI=1S/C39H75O5P/c1-3-5-7-9-11-13-15-17-19-21-23-25-27-29-31-33-38(41)43-36-37(35-40)44-45-39(42)34-32-30-28-26-24-22-20-18-16-14-12-10-8-6-4-2/h18,20,37,40,45H,3-17,19,21-36H2,1-2H3. The van der Waals surface area contributed by atoms with Crippen LogP contribution in [0.15, 0.2) is 12.2 Å². The third-order valence-electron chi connectivity index (χ3n) is 8.62. The molecule has 0 saturated heterocycles. The molecular formula is C39H75O5P. The zero-order valence-corrected chi connectivity index (χ0v) is 30.9. The van der Waals surface area contributed by atoms with Gasteiger partial charge in [-0.15, -0.1) is 0 Å². The Bertz CT molecular complexity index is 653. The zero-order valence-electron chi connectivity index (χ0n) is 29.9. The number of aliphatic hydroxyl groups excluding tert-OH is 1. The van der Waals surface area contributed by atoms with Gasteiger partial charge in [-0.1, -0.05) is 167 Å². The SMILES string of the molecule is CCCCCCCCC=CCCCCCCCC(=O)POC(CO)COC(=O)CCCCCCCCCCCCCCCCC. The summed E-state index contributed by atoms with van der Waals surface area (Å²) < 4.78 is 10.9.